The smallest absolute Gasteiger partial charge is 0.337 e. The number of nitrogens with zero attached hydrogens (tertiary/aromatic N) is 2. The van der Waals surface area contributed by atoms with Crippen molar-refractivity contribution in [3.05, 3.63) is 41.2 Å². The number of carbonyl (C=O) groups is 1. The highest BCUT2D eigenvalue weighted by atomic mass is 16.5. The highest BCUT2D eigenvalue weighted by Crippen LogP contribution is 2.22. The zero-order valence-electron chi connectivity index (χ0n) is 12.0. The number of esters is 1. The van der Waals surface area contributed by atoms with Crippen molar-refractivity contribution in [1.82, 2.24) is 9.78 Å². The molecule has 2 rings (SSSR count). The van der Waals surface area contributed by atoms with Gasteiger partial charge >= 0.3 is 5.97 Å². The Morgan fingerprint density at radius 2 is 2.05 bits per heavy atom. The Balaban J connectivity index is 2.48. The molecule has 1 aromatic heterocycles. The van der Waals surface area contributed by atoms with Crippen molar-refractivity contribution < 1.29 is 9.53 Å². The third kappa shape index (κ3) is 2.52. The molecule has 0 spiro atoms. The van der Waals surface area contributed by atoms with Crippen LogP contribution >= 0.6 is 0 Å². The molecule has 20 heavy (non-hydrogen) atoms. The normalized spacial score (nSPS) is 10.6. The number of methoxy groups -OCH3 is 1. The van der Waals surface area contributed by atoms with E-state index in [4.69, 9.17) is 5.73 Å². The average molecular weight is 273 g/mol. The maximum absolute atomic E-state index is 11.5. The number of nitrogen functional groups attached to an aromatic ring is 1. The largest absolute Gasteiger partial charge is 0.465 e. The van der Waals surface area contributed by atoms with Gasteiger partial charge in [-0.25, -0.2) is 9.48 Å². The van der Waals surface area contributed by atoms with Crippen LogP contribution < -0.4 is 5.73 Å². The monoisotopic (exact) mass is 273 g/mol. The standard InChI is InChI=1S/C15H19N3O2/c1-4-11-9-12(5-2)18(17-11)14-7-6-10(8-13(14)16)15(19)20-3/h6-9H,4-5,16H2,1-3H3. The molecular weight excluding hydrogens is 254 g/mol. The highest BCUT2D eigenvalue weighted by molar-refractivity contribution is 5.91. The number of hydrogen-bond acceptors (Lipinski definition) is 4. The summed E-state index contributed by atoms with van der Waals surface area (Å²) in [7, 11) is 1.35. The summed E-state index contributed by atoms with van der Waals surface area (Å²) in [5, 5.41) is 4.55. The lowest BCUT2D eigenvalue weighted by Gasteiger charge is -2.10. The summed E-state index contributed by atoms with van der Waals surface area (Å²) in [5.74, 6) is -0.395. The number of anilines is 1. The van der Waals surface area contributed by atoms with Crippen LogP contribution in [-0.4, -0.2) is 22.9 Å². The molecule has 0 saturated heterocycles. The van der Waals surface area contributed by atoms with Crippen LogP contribution in [0.4, 0.5) is 5.69 Å². The maximum Gasteiger partial charge on any atom is 0.337 e. The third-order valence-electron chi connectivity index (χ3n) is 3.24. The molecule has 0 aliphatic rings. The first-order valence-corrected chi connectivity index (χ1v) is 6.66. The quantitative estimate of drug-likeness (QED) is 0.685. The lowest BCUT2D eigenvalue weighted by atomic mass is 10.1. The van der Waals surface area contributed by atoms with Gasteiger partial charge in [0.05, 0.1) is 29.7 Å². The summed E-state index contributed by atoms with van der Waals surface area (Å²) in [6.07, 6.45) is 1.74. The first-order valence-electron chi connectivity index (χ1n) is 6.66. The summed E-state index contributed by atoms with van der Waals surface area (Å²) in [5.41, 5.74) is 9.91. The molecule has 0 radical (unpaired) electrons. The Morgan fingerprint density at radius 3 is 2.60 bits per heavy atom. The van der Waals surface area contributed by atoms with E-state index in [1.165, 1.54) is 7.11 Å². The zero-order chi connectivity index (χ0) is 14.7. The number of carbonyl (C=O) groups excluding carboxylic acids is 1. The Labute approximate surface area is 118 Å². The van der Waals surface area contributed by atoms with Crippen LogP contribution in [0.2, 0.25) is 0 Å². The van der Waals surface area contributed by atoms with E-state index in [9.17, 15) is 4.79 Å². The lowest BCUT2D eigenvalue weighted by molar-refractivity contribution is 0.0601. The van der Waals surface area contributed by atoms with Crippen LogP contribution in [0.3, 0.4) is 0 Å². The molecular formula is C15H19N3O2. The second-order valence-electron chi connectivity index (χ2n) is 4.51. The molecule has 0 amide bonds. The van der Waals surface area contributed by atoms with Gasteiger partial charge in [-0.2, -0.15) is 5.10 Å². The minimum absolute atomic E-state index is 0.395. The number of ether oxygens (including phenoxy) is 1. The second-order valence-corrected chi connectivity index (χ2v) is 4.51. The summed E-state index contributed by atoms with van der Waals surface area (Å²) >= 11 is 0. The number of nitrogens with two attached hydrogens (primary N) is 1. The van der Waals surface area contributed by atoms with Gasteiger partial charge in [-0.15, -0.1) is 0 Å². The molecule has 1 aromatic carbocycles. The van der Waals surface area contributed by atoms with E-state index in [1.54, 1.807) is 18.2 Å². The molecule has 106 valence electrons. The summed E-state index contributed by atoms with van der Waals surface area (Å²) in [6, 6.07) is 7.19. The molecule has 2 N–H and O–H groups in total. The van der Waals surface area contributed by atoms with Gasteiger partial charge in [0.15, 0.2) is 0 Å². The SMILES string of the molecule is CCc1cc(CC)n(-c2ccc(C(=O)OC)cc2N)n1. The lowest BCUT2D eigenvalue weighted by Crippen LogP contribution is -2.08. The van der Waals surface area contributed by atoms with Gasteiger partial charge < -0.3 is 10.5 Å². The van der Waals surface area contributed by atoms with E-state index in [-0.39, 0.29) is 0 Å². The molecule has 1 heterocycles. The second kappa shape index (κ2) is 5.77. The highest BCUT2D eigenvalue weighted by Gasteiger charge is 2.13. The van der Waals surface area contributed by atoms with E-state index in [0.717, 1.165) is 29.9 Å². The van der Waals surface area contributed by atoms with E-state index in [2.05, 4.69) is 29.7 Å². The minimum Gasteiger partial charge on any atom is -0.465 e. The van der Waals surface area contributed by atoms with E-state index >= 15 is 0 Å². The van der Waals surface area contributed by atoms with Crippen molar-refractivity contribution in [2.24, 2.45) is 0 Å². The van der Waals surface area contributed by atoms with Gasteiger partial charge in [0.2, 0.25) is 0 Å². The first kappa shape index (κ1) is 14.1. The van der Waals surface area contributed by atoms with Crippen LogP contribution in [0.5, 0.6) is 0 Å². The number of aryl methyl sites for hydroxylation is 2. The van der Waals surface area contributed by atoms with Crippen LogP contribution in [0, 0.1) is 0 Å². The van der Waals surface area contributed by atoms with Crippen LogP contribution in [0.15, 0.2) is 24.3 Å². The summed E-state index contributed by atoms with van der Waals surface area (Å²) in [6.45, 7) is 4.14. The molecule has 0 fully saturated rings. The van der Waals surface area contributed by atoms with E-state index in [0.29, 0.717) is 11.3 Å². The topological polar surface area (TPSA) is 70.1 Å². The number of benzene rings is 1. The predicted molar refractivity (Wildman–Crippen MR) is 78.1 cm³/mol. The van der Waals surface area contributed by atoms with Gasteiger partial charge in [-0.3, -0.25) is 0 Å². The molecule has 0 aliphatic heterocycles. The van der Waals surface area contributed by atoms with Gasteiger partial charge in [-0.1, -0.05) is 13.8 Å². The molecule has 0 atom stereocenters. The third-order valence-corrected chi connectivity index (χ3v) is 3.24. The van der Waals surface area contributed by atoms with Crippen molar-refractivity contribution in [3.8, 4) is 5.69 Å². The Morgan fingerprint density at radius 1 is 1.30 bits per heavy atom. The number of hydrogen-bond donors (Lipinski definition) is 1. The van der Waals surface area contributed by atoms with Crippen LogP contribution in [0.25, 0.3) is 5.69 Å². The van der Waals surface area contributed by atoms with E-state index in [1.807, 2.05) is 4.68 Å². The average Bonchev–Trinajstić information content (AvgIpc) is 2.89. The van der Waals surface area contributed by atoms with Crippen molar-refractivity contribution in [2.45, 2.75) is 26.7 Å². The maximum atomic E-state index is 11.5. The minimum atomic E-state index is -0.395. The van der Waals surface area contributed by atoms with Crippen LogP contribution in [-0.2, 0) is 17.6 Å². The van der Waals surface area contributed by atoms with Gasteiger partial charge in [0.1, 0.15) is 0 Å². The Hall–Kier alpha value is -2.30. The Kier molecular flexibility index (Phi) is 4.08. The van der Waals surface area contributed by atoms with Crippen molar-refractivity contribution in [1.29, 1.82) is 0 Å². The fourth-order valence-electron chi connectivity index (χ4n) is 2.10. The van der Waals surface area contributed by atoms with Gasteiger partial charge in [0, 0.05) is 5.69 Å². The first-order chi connectivity index (χ1) is 9.60. The fourth-order valence-corrected chi connectivity index (χ4v) is 2.10. The summed E-state index contributed by atoms with van der Waals surface area (Å²) in [4.78, 5) is 11.5. The summed E-state index contributed by atoms with van der Waals surface area (Å²) < 4.78 is 6.53. The van der Waals surface area contributed by atoms with Crippen molar-refractivity contribution >= 4 is 11.7 Å². The zero-order valence-corrected chi connectivity index (χ0v) is 12.0. The molecule has 2 aromatic rings. The molecule has 0 bridgehead atoms. The number of rotatable bonds is 4. The molecule has 0 unspecified atom stereocenters. The molecule has 0 saturated carbocycles. The predicted octanol–water partition coefficient (Wildman–Crippen LogP) is 2.37. The fraction of sp³-hybridized carbons (Fsp3) is 0.333. The molecule has 0 aliphatic carbocycles. The van der Waals surface area contributed by atoms with Gasteiger partial charge in [-0.05, 0) is 37.1 Å². The van der Waals surface area contributed by atoms with Crippen molar-refractivity contribution in [3.63, 3.8) is 0 Å². The molecule has 5 heteroatoms. The van der Waals surface area contributed by atoms with Crippen molar-refractivity contribution in [2.75, 3.05) is 12.8 Å². The van der Waals surface area contributed by atoms with Gasteiger partial charge in [0.25, 0.3) is 0 Å². The molecule has 5 nitrogen and oxygen atoms in total. The Bertz CT molecular complexity index is 632. The van der Waals surface area contributed by atoms with E-state index < -0.39 is 5.97 Å². The number of aromatic nitrogens is 2. The van der Waals surface area contributed by atoms with Crippen LogP contribution in [0.1, 0.15) is 35.6 Å².